The number of hydrogen-bond donors (Lipinski definition) is 1. The number of aromatic nitrogens is 4. The molecule has 8 nitrogen and oxygen atoms in total. The minimum Gasteiger partial charge on any atom is -0.354 e. The Balaban J connectivity index is 1.73. The van der Waals surface area contributed by atoms with Crippen LogP contribution in [0.15, 0.2) is 27.9 Å². The van der Waals surface area contributed by atoms with Crippen molar-refractivity contribution < 1.29 is 0 Å². The summed E-state index contributed by atoms with van der Waals surface area (Å²) < 4.78 is 1.06. The molecule has 1 saturated heterocycles. The first-order chi connectivity index (χ1) is 11.5. The van der Waals surface area contributed by atoms with Gasteiger partial charge in [0.25, 0.3) is 5.56 Å². The van der Waals surface area contributed by atoms with Crippen LogP contribution in [-0.2, 0) is 7.05 Å². The number of rotatable bonds is 3. The predicted molar refractivity (Wildman–Crippen MR) is 92.9 cm³/mol. The molecule has 3 rings (SSSR count). The third-order valence-corrected chi connectivity index (χ3v) is 4.25. The highest BCUT2D eigenvalue weighted by atomic mass is 16.2. The number of nitrogens with one attached hydrogen (secondary N) is 1. The van der Waals surface area contributed by atoms with Crippen molar-refractivity contribution >= 4 is 11.6 Å². The van der Waals surface area contributed by atoms with E-state index in [0.717, 1.165) is 29.3 Å². The van der Waals surface area contributed by atoms with Gasteiger partial charge in [-0.05, 0) is 6.07 Å². The second-order valence-corrected chi connectivity index (χ2v) is 6.26. The predicted octanol–water partition coefficient (Wildman–Crippen LogP) is 0.314. The Labute approximate surface area is 139 Å². The first-order valence-electron chi connectivity index (χ1n) is 8.09. The summed E-state index contributed by atoms with van der Waals surface area (Å²) in [7, 11) is 1.46. The van der Waals surface area contributed by atoms with E-state index in [1.165, 1.54) is 13.1 Å². The van der Waals surface area contributed by atoms with E-state index in [2.05, 4.69) is 33.7 Å². The van der Waals surface area contributed by atoms with Crippen LogP contribution < -0.4 is 21.0 Å². The van der Waals surface area contributed by atoms with E-state index in [4.69, 9.17) is 0 Å². The van der Waals surface area contributed by atoms with Crippen LogP contribution in [0.4, 0.5) is 11.6 Å². The van der Waals surface area contributed by atoms with Crippen molar-refractivity contribution in [3.05, 3.63) is 45.0 Å². The van der Waals surface area contributed by atoms with E-state index in [1.54, 1.807) is 6.20 Å². The normalized spacial score (nSPS) is 15.2. The third kappa shape index (κ3) is 3.17. The maximum Gasteiger partial charge on any atom is 0.329 e. The Bertz CT molecular complexity index is 802. The average Bonchev–Trinajstić information content (AvgIpc) is 2.59. The van der Waals surface area contributed by atoms with Gasteiger partial charge >= 0.3 is 5.69 Å². The lowest BCUT2D eigenvalue weighted by Gasteiger charge is -2.36. The summed E-state index contributed by atoms with van der Waals surface area (Å²) in [5.41, 5.74) is -0.689. The Kier molecular flexibility index (Phi) is 4.37. The summed E-state index contributed by atoms with van der Waals surface area (Å²) in [5.74, 6) is 2.63. The van der Waals surface area contributed by atoms with Gasteiger partial charge in [-0.2, -0.15) is 0 Å². The highest BCUT2D eigenvalue weighted by Gasteiger charge is 2.20. The van der Waals surface area contributed by atoms with E-state index in [0.29, 0.717) is 18.9 Å². The molecule has 8 heteroatoms. The standard InChI is InChI=1S/C16H22N6O2/c1-11(2)15-17-5-4-12(18-15)21-6-8-22(9-7-21)13-10-14(23)20(3)16(24)19-13/h4-5,10-11H,6-9H2,1-3H3,(H,19,24). The lowest BCUT2D eigenvalue weighted by atomic mass is 10.2. The average molecular weight is 330 g/mol. The van der Waals surface area contributed by atoms with Gasteiger partial charge in [-0.15, -0.1) is 0 Å². The molecule has 2 aromatic rings. The molecule has 1 aliphatic heterocycles. The summed E-state index contributed by atoms with van der Waals surface area (Å²) in [4.78, 5) is 39.4. The molecule has 1 aliphatic rings. The van der Waals surface area contributed by atoms with Crippen molar-refractivity contribution in [3.63, 3.8) is 0 Å². The molecule has 24 heavy (non-hydrogen) atoms. The SMILES string of the molecule is CC(C)c1nccc(N2CCN(c3cc(=O)n(C)c(=O)[nH]3)CC2)n1. The second kappa shape index (κ2) is 6.46. The molecular formula is C16H22N6O2. The van der Waals surface area contributed by atoms with Crippen LogP contribution in [0.3, 0.4) is 0 Å². The van der Waals surface area contributed by atoms with E-state index >= 15 is 0 Å². The van der Waals surface area contributed by atoms with Crippen LogP contribution in [0.1, 0.15) is 25.6 Å². The number of anilines is 2. The summed E-state index contributed by atoms with van der Waals surface area (Å²) >= 11 is 0. The molecule has 2 aromatic heterocycles. The Morgan fingerprint density at radius 2 is 1.79 bits per heavy atom. The smallest absolute Gasteiger partial charge is 0.329 e. The maximum absolute atomic E-state index is 11.8. The quantitative estimate of drug-likeness (QED) is 0.872. The zero-order valence-corrected chi connectivity index (χ0v) is 14.2. The molecule has 0 spiro atoms. The molecule has 0 aliphatic carbocycles. The highest BCUT2D eigenvalue weighted by Crippen LogP contribution is 2.18. The van der Waals surface area contributed by atoms with Gasteiger partial charge in [0.05, 0.1) is 0 Å². The fraction of sp³-hybridized carbons (Fsp3) is 0.500. The molecule has 0 saturated carbocycles. The van der Waals surface area contributed by atoms with Crippen molar-refractivity contribution in [2.24, 2.45) is 7.05 Å². The number of nitrogens with zero attached hydrogens (tertiary/aromatic N) is 5. The zero-order chi connectivity index (χ0) is 17.3. The van der Waals surface area contributed by atoms with Crippen LogP contribution in [-0.4, -0.2) is 45.7 Å². The van der Waals surface area contributed by atoms with Crippen molar-refractivity contribution in [2.45, 2.75) is 19.8 Å². The van der Waals surface area contributed by atoms with Gasteiger partial charge in [0.1, 0.15) is 17.5 Å². The molecule has 0 bridgehead atoms. The summed E-state index contributed by atoms with van der Waals surface area (Å²) in [6.45, 7) is 7.11. The van der Waals surface area contributed by atoms with Crippen molar-refractivity contribution in [3.8, 4) is 0 Å². The molecular weight excluding hydrogens is 308 g/mol. The van der Waals surface area contributed by atoms with Gasteiger partial charge in [-0.1, -0.05) is 13.8 Å². The molecule has 0 unspecified atom stereocenters. The first-order valence-corrected chi connectivity index (χ1v) is 8.09. The number of hydrogen-bond acceptors (Lipinski definition) is 6. The Morgan fingerprint density at radius 3 is 2.42 bits per heavy atom. The van der Waals surface area contributed by atoms with Gasteiger partial charge in [0.15, 0.2) is 0 Å². The molecule has 0 aromatic carbocycles. The summed E-state index contributed by atoms with van der Waals surface area (Å²) in [6.07, 6.45) is 1.79. The molecule has 0 amide bonds. The van der Waals surface area contributed by atoms with Crippen molar-refractivity contribution in [2.75, 3.05) is 36.0 Å². The van der Waals surface area contributed by atoms with Gasteiger partial charge < -0.3 is 9.80 Å². The van der Waals surface area contributed by atoms with E-state index in [1.807, 2.05) is 11.0 Å². The number of aromatic amines is 1. The fourth-order valence-corrected chi connectivity index (χ4v) is 2.71. The van der Waals surface area contributed by atoms with E-state index < -0.39 is 5.69 Å². The van der Waals surface area contributed by atoms with Crippen LogP contribution in [0.5, 0.6) is 0 Å². The topological polar surface area (TPSA) is 87.1 Å². The zero-order valence-electron chi connectivity index (χ0n) is 14.2. The minimum absolute atomic E-state index is 0.289. The van der Waals surface area contributed by atoms with Crippen LogP contribution in [0.2, 0.25) is 0 Å². The fourth-order valence-electron chi connectivity index (χ4n) is 2.71. The molecule has 0 radical (unpaired) electrons. The third-order valence-electron chi connectivity index (χ3n) is 4.25. The first kappa shape index (κ1) is 16.2. The lowest BCUT2D eigenvalue weighted by Crippen LogP contribution is -2.48. The second-order valence-electron chi connectivity index (χ2n) is 6.26. The number of piperazine rings is 1. The summed E-state index contributed by atoms with van der Waals surface area (Å²) in [5, 5.41) is 0. The molecule has 0 atom stereocenters. The summed E-state index contributed by atoms with van der Waals surface area (Å²) in [6, 6.07) is 3.39. The van der Waals surface area contributed by atoms with Gasteiger partial charge in [0.2, 0.25) is 0 Å². The Morgan fingerprint density at radius 1 is 1.12 bits per heavy atom. The minimum atomic E-state index is -0.391. The molecule has 128 valence electrons. The van der Waals surface area contributed by atoms with Crippen molar-refractivity contribution in [1.29, 1.82) is 0 Å². The van der Waals surface area contributed by atoms with Gasteiger partial charge in [-0.25, -0.2) is 14.8 Å². The molecule has 1 N–H and O–H groups in total. The Hall–Kier alpha value is -2.64. The molecule has 3 heterocycles. The highest BCUT2D eigenvalue weighted by molar-refractivity contribution is 5.44. The van der Waals surface area contributed by atoms with Gasteiger partial charge in [0, 0.05) is 51.4 Å². The lowest BCUT2D eigenvalue weighted by molar-refractivity contribution is 0.630. The van der Waals surface area contributed by atoms with Crippen LogP contribution >= 0.6 is 0 Å². The van der Waals surface area contributed by atoms with E-state index in [9.17, 15) is 9.59 Å². The largest absolute Gasteiger partial charge is 0.354 e. The number of H-pyrrole nitrogens is 1. The van der Waals surface area contributed by atoms with Crippen LogP contribution in [0, 0.1) is 0 Å². The maximum atomic E-state index is 11.8. The molecule has 1 fully saturated rings. The monoisotopic (exact) mass is 330 g/mol. The van der Waals surface area contributed by atoms with E-state index in [-0.39, 0.29) is 11.5 Å². The van der Waals surface area contributed by atoms with Gasteiger partial charge in [-0.3, -0.25) is 14.3 Å². The van der Waals surface area contributed by atoms with Crippen molar-refractivity contribution in [1.82, 2.24) is 19.5 Å². The van der Waals surface area contributed by atoms with Crippen LogP contribution in [0.25, 0.3) is 0 Å².